The zero-order chi connectivity index (χ0) is 22.3. The second-order valence-corrected chi connectivity index (χ2v) is 9.71. The van der Waals surface area contributed by atoms with E-state index in [1.165, 1.54) is 27.6 Å². The fourth-order valence-corrected chi connectivity index (χ4v) is 4.59. The molecule has 0 bridgehead atoms. The van der Waals surface area contributed by atoms with Gasteiger partial charge in [0.05, 0.1) is 11.2 Å². The van der Waals surface area contributed by atoms with Gasteiger partial charge in [0, 0.05) is 21.5 Å². The molecule has 1 N–H and O–H groups in total. The highest BCUT2D eigenvalue weighted by atomic mass is 16.5. The van der Waals surface area contributed by atoms with E-state index in [4.69, 9.17) is 9.07 Å². The van der Waals surface area contributed by atoms with Gasteiger partial charge in [0.15, 0.2) is 0 Å². The van der Waals surface area contributed by atoms with Crippen LogP contribution >= 0.6 is 0 Å². The molecule has 157 valence electrons. The minimum atomic E-state index is -0.989. The molecular formula is C28H24BO3. The van der Waals surface area contributed by atoms with E-state index in [1.54, 1.807) is 21.3 Å². The van der Waals surface area contributed by atoms with E-state index < -0.39 is 11.2 Å². The summed E-state index contributed by atoms with van der Waals surface area (Å²) in [5, 5.41) is 15.0. The Morgan fingerprint density at radius 2 is 1.38 bits per heavy atom. The van der Waals surface area contributed by atoms with Crippen molar-refractivity contribution in [3.63, 3.8) is 0 Å². The molecule has 6 rings (SSSR count). The van der Waals surface area contributed by atoms with Crippen molar-refractivity contribution >= 4 is 45.7 Å². The first kappa shape index (κ1) is 19.6. The maximum Gasteiger partial charge on any atom is 0.334 e. The minimum absolute atomic E-state index is 0.750. The van der Waals surface area contributed by atoms with Crippen molar-refractivity contribution in [2.75, 3.05) is 0 Å². The lowest BCUT2D eigenvalue weighted by Crippen LogP contribution is -2.49. The molecular weight excluding hydrogens is 395 g/mol. The summed E-state index contributed by atoms with van der Waals surface area (Å²) in [6, 6.07) is 23.4. The Balaban J connectivity index is 1.57. The molecule has 5 aromatic rings. The number of benzene rings is 4. The summed E-state index contributed by atoms with van der Waals surface area (Å²) < 4.78 is 12.5. The quantitative estimate of drug-likeness (QED) is 0.346. The SMILES string of the molecule is CC(C)(O)C(C)(C)O[B]c1cccc2c1oc1c3cccc4c3c(cc21)-c1ccccc1-4. The number of hydrogen-bond donors (Lipinski definition) is 1. The van der Waals surface area contributed by atoms with Crippen LogP contribution in [0, 0.1) is 0 Å². The van der Waals surface area contributed by atoms with Crippen LogP contribution in [0.25, 0.3) is 55.0 Å². The van der Waals surface area contributed by atoms with Gasteiger partial charge in [0.1, 0.15) is 11.2 Å². The molecule has 1 heterocycles. The molecule has 1 aromatic heterocycles. The van der Waals surface area contributed by atoms with Gasteiger partial charge in [-0.1, -0.05) is 60.7 Å². The van der Waals surface area contributed by atoms with Crippen LogP contribution in [0.5, 0.6) is 0 Å². The molecule has 0 aliphatic heterocycles. The van der Waals surface area contributed by atoms with Gasteiger partial charge in [0.2, 0.25) is 0 Å². The van der Waals surface area contributed by atoms with Gasteiger partial charge in [-0.15, -0.1) is 0 Å². The third-order valence-electron chi connectivity index (χ3n) is 7.11. The predicted octanol–water partition coefficient (Wildman–Crippen LogP) is 6.20. The topological polar surface area (TPSA) is 42.6 Å². The maximum atomic E-state index is 10.4. The molecule has 0 amide bonds. The molecule has 4 aromatic carbocycles. The van der Waals surface area contributed by atoms with Crippen LogP contribution in [0.3, 0.4) is 0 Å². The number of fused-ring (bicyclic) bond motifs is 7. The third-order valence-corrected chi connectivity index (χ3v) is 7.11. The number of hydrogen-bond acceptors (Lipinski definition) is 3. The molecule has 0 saturated carbocycles. The van der Waals surface area contributed by atoms with E-state index in [1.807, 2.05) is 26.0 Å². The van der Waals surface area contributed by atoms with Crippen LogP contribution in [-0.4, -0.2) is 23.8 Å². The summed E-state index contributed by atoms with van der Waals surface area (Å²) in [6.45, 7) is 7.27. The van der Waals surface area contributed by atoms with Gasteiger partial charge in [-0.25, -0.2) is 0 Å². The van der Waals surface area contributed by atoms with E-state index >= 15 is 0 Å². The number of furan rings is 1. The summed E-state index contributed by atoms with van der Waals surface area (Å²) in [5.74, 6) is 0. The lowest BCUT2D eigenvalue weighted by Gasteiger charge is -2.37. The zero-order valence-electron chi connectivity index (χ0n) is 18.7. The van der Waals surface area contributed by atoms with E-state index in [0.717, 1.165) is 32.8 Å². The van der Waals surface area contributed by atoms with Gasteiger partial charge in [-0.05, 0) is 61.5 Å². The van der Waals surface area contributed by atoms with Crippen molar-refractivity contribution in [2.45, 2.75) is 38.9 Å². The first-order valence-electron chi connectivity index (χ1n) is 11.0. The van der Waals surface area contributed by atoms with Crippen molar-refractivity contribution in [3.05, 3.63) is 66.7 Å². The summed E-state index contributed by atoms with van der Waals surface area (Å²) in [4.78, 5) is 0. The second kappa shape index (κ2) is 6.47. The molecule has 1 aliphatic rings. The second-order valence-electron chi connectivity index (χ2n) is 9.71. The largest absolute Gasteiger partial charge is 0.456 e. The highest BCUT2D eigenvalue weighted by Crippen LogP contribution is 2.50. The average molecular weight is 419 g/mol. The number of rotatable bonds is 4. The molecule has 0 fully saturated rings. The fraction of sp³-hybridized carbons (Fsp3) is 0.214. The van der Waals surface area contributed by atoms with Crippen molar-refractivity contribution in [3.8, 4) is 22.3 Å². The zero-order valence-corrected chi connectivity index (χ0v) is 18.7. The number of para-hydroxylation sites is 1. The van der Waals surface area contributed by atoms with Crippen LogP contribution in [0.4, 0.5) is 0 Å². The highest BCUT2D eigenvalue weighted by Gasteiger charge is 2.36. The van der Waals surface area contributed by atoms with Crippen LogP contribution < -0.4 is 5.46 Å². The van der Waals surface area contributed by atoms with Crippen molar-refractivity contribution in [1.82, 2.24) is 0 Å². The molecule has 1 radical (unpaired) electrons. The van der Waals surface area contributed by atoms with Gasteiger partial charge in [-0.3, -0.25) is 0 Å². The van der Waals surface area contributed by atoms with E-state index in [0.29, 0.717) is 0 Å². The van der Waals surface area contributed by atoms with Crippen LogP contribution in [-0.2, 0) is 4.65 Å². The van der Waals surface area contributed by atoms with Gasteiger partial charge < -0.3 is 14.2 Å². The average Bonchev–Trinajstić information content (AvgIpc) is 3.30. The van der Waals surface area contributed by atoms with Crippen LogP contribution in [0.1, 0.15) is 27.7 Å². The summed E-state index contributed by atoms with van der Waals surface area (Å²) >= 11 is 0. The Kier molecular flexibility index (Phi) is 3.96. The third kappa shape index (κ3) is 2.63. The van der Waals surface area contributed by atoms with Gasteiger partial charge in [0.25, 0.3) is 0 Å². The molecule has 0 atom stereocenters. The van der Waals surface area contributed by atoms with Crippen molar-refractivity contribution in [2.24, 2.45) is 0 Å². The maximum absolute atomic E-state index is 10.4. The van der Waals surface area contributed by atoms with Crippen molar-refractivity contribution < 1.29 is 14.2 Å². The number of aliphatic hydroxyl groups is 1. The summed E-state index contributed by atoms with van der Waals surface area (Å²) in [6.07, 6.45) is 0. The Morgan fingerprint density at radius 1 is 0.719 bits per heavy atom. The summed E-state index contributed by atoms with van der Waals surface area (Å²) in [5.41, 5.74) is 5.89. The molecule has 1 aliphatic carbocycles. The smallest absolute Gasteiger partial charge is 0.334 e. The minimum Gasteiger partial charge on any atom is -0.456 e. The van der Waals surface area contributed by atoms with Crippen molar-refractivity contribution in [1.29, 1.82) is 0 Å². The van der Waals surface area contributed by atoms with Crippen LogP contribution in [0.2, 0.25) is 0 Å². The Hall–Kier alpha value is -3.08. The monoisotopic (exact) mass is 419 g/mol. The molecule has 0 unspecified atom stereocenters. The molecule has 3 nitrogen and oxygen atoms in total. The van der Waals surface area contributed by atoms with E-state index in [2.05, 4.69) is 54.6 Å². The van der Waals surface area contributed by atoms with Gasteiger partial charge in [-0.2, -0.15) is 0 Å². The molecule has 4 heteroatoms. The lowest BCUT2D eigenvalue weighted by molar-refractivity contribution is -0.0893. The normalized spacial score (nSPS) is 13.3. The Bertz CT molecular complexity index is 1540. The van der Waals surface area contributed by atoms with Gasteiger partial charge >= 0.3 is 7.48 Å². The lowest BCUT2D eigenvalue weighted by atomic mass is 9.82. The Morgan fingerprint density at radius 3 is 2.12 bits per heavy atom. The molecule has 0 saturated heterocycles. The Labute approximate surface area is 187 Å². The van der Waals surface area contributed by atoms with E-state index in [9.17, 15) is 5.11 Å². The summed E-state index contributed by atoms with van der Waals surface area (Å²) in [7, 11) is 1.71. The predicted molar refractivity (Wildman–Crippen MR) is 133 cm³/mol. The standard InChI is InChI=1S/C28H24BO3/c1-27(2,30)28(3,4)32-29-23-14-8-12-19-22-15-21-17-10-6-5-9-16(17)18-11-7-13-20(24(18)21)25(22)31-26(19)23/h5-15,30H,1-4H3. The highest BCUT2D eigenvalue weighted by molar-refractivity contribution is 6.51. The van der Waals surface area contributed by atoms with E-state index in [-0.39, 0.29) is 0 Å². The molecule has 32 heavy (non-hydrogen) atoms. The first-order valence-corrected chi connectivity index (χ1v) is 11.0. The van der Waals surface area contributed by atoms with Crippen LogP contribution in [0.15, 0.2) is 71.1 Å². The molecule has 0 spiro atoms. The fourth-order valence-electron chi connectivity index (χ4n) is 4.59. The first-order chi connectivity index (χ1) is 15.3.